The molecule has 2 aromatic rings. The van der Waals surface area contributed by atoms with Gasteiger partial charge in [0.1, 0.15) is 6.54 Å². The first-order valence-electron chi connectivity index (χ1n) is 5.65. The van der Waals surface area contributed by atoms with Crippen molar-refractivity contribution in [2.75, 3.05) is 6.54 Å². The molecule has 0 aliphatic carbocycles. The Kier molecular flexibility index (Phi) is 3.53. The number of benzene rings is 1. The second kappa shape index (κ2) is 5.27. The van der Waals surface area contributed by atoms with Gasteiger partial charge in [-0.25, -0.2) is 4.79 Å². The van der Waals surface area contributed by atoms with E-state index in [1.807, 2.05) is 0 Å². The highest BCUT2D eigenvalue weighted by Gasteiger charge is 2.13. The number of carboxylic acid groups (broad SMARTS) is 1. The Morgan fingerprint density at radius 3 is 2.84 bits per heavy atom. The Balaban J connectivity index is 2.37. The number of aromatic carboxylic acids is 1. The maximum Gasteiger partial charge on any atom is 0.337 e. The van der Waals surface area contributed by atoms with Gasteiger partial charge in [-0.1, -0.05) is 18.1 Å². The predicted octanol–water partition coefficient (Wildman–Crippen LogP) is 1.09. The van der Waals surface area contributed by atoms with Crippen LogP contribution in [0.5, 0.6) is 0 Å². The average molecular weight is 256 g/mol. The highest BCUT2D eigenvalue weighted by molar-refractivity contribution is 6.02. The van der Waals surface area contributed by atoms with Gasteiger partial charge < -0.3 is 15.0 Å². The minimum absolute atomic E-state index is 0.0372. The van der Waals surface area contributed by atoms with Crippen LogP contribution in [0.3, 0.4) is 0 Å². The Bertz CT molecular complexity index is 680. The average Bonchev–Trinajstić information content (AvgIpc) is 2.79. The molecule has 0 bridgehead atoms. The summed E-state index contributed by atoms with van der Waals surface area (Å²) in [6, 6.07) is 6.77. The van der Waals surface area contributed by atoms with Crippen molar-refractivity contribution in [3.05, 3.63) is 36.0 Å². The molecule has 0 aliphatic rings. The second-order valence-electron chi connectivity index (χ2n) is 3.97. The van der Waals surface area contributed by atoms with E-state index in [9.17, 15) is 9.59 Å². The van der Waals surface area contributed by atoms with Gasteiger partial charge >= 0.3 is 5.97 Å². The largest absolute Gasteiger partial charge is 0.478 e. The third-order valence-corrected chi connectivity index (χ3v) is 2.72. The van der Waals surface area contributed by atoms with E-state index in [4.69, 9.17) is 11.5 Å². The highest BCUT2D eigenvalue weighted by Crippen LogP contribution is 2.20. The van der Waals surface area contributed by atoms with Crippen LogP contribution in [0.25, 0.3) is 10.9 Å². The maximum atomic E-state index is 11.6. The van der Waals surface area contributed by atoms with Crippen LogP contribution in [-0.2, 0) is 11.3 Å². The molecule has 0 radical (unpaired) electrons. The number of aromatic nitrogens is 1. The Morgan fingerprint density at radius 2 is 2.16 bits per heavy atom. The molecule has 1 heterocycles. The molecule has 1 aromatic carbocycles. The molecule has 0 spiro atoms. The number of nitrogens with zero attached hydrogens (tertiary/aromatic N) is 1. The fourth-order valence-corrected chi connectivity index (χ4v) is 1.93. The molecule has 1 amide bonds. The number of para-hydroxylation sites is 1. The Labute approximate surface area is 109 Å². The molecular formula is C14H12N2O3. The van der Waals surface area contributed by atoms with Crippen molar-refractivity contribution < 1.29 is 14.7 Å². The summed E-state index contributed by atoms with van der Waals surface area (Å²) in [5.41, 5.74) is 0.707. The van der Waals surface area contributed by atoms with Gasteiger partial charge in [-0.2, -0.15) is 0 Å². The van der Waals surface area contributed by atoms with Crippen LogP contribution in [0.1, 0.15) is 10.4 Å². The molecule has 0 saturated heterocycles. The number of terminal acetylenes is 1. The van der Waals surface area contributed by atoms with Crippen LogP contribution >= 0.6 is 0 Å². The van der Waals surface area contributed by atoms with Crippen molar-refractivity contribution >= 4 is 22.8 Å². The fourth-order valence-electron chi connectivity index (χ4n) is 1.93. The zero-order valence-electron chi connectivity index (χ0n) is 10.1. The van der Waals surface area contributed by atoms with Crippen molar-refractivity contribution in [2.45, 2.75) is 6.54 Å². The van der Waals surface area contributed by atoms with E-state index in [2.05, 4.69) is 11.2 Å². The summed E-state index contributed by atoms with van der Waals surface area (Å²) in [4.78, 5) is 22.8. The topological polar surface area (TPSA) is 71.3 Å². The molecule has 19 heavy (non-hydrogen) atoms. The molecule has 0 unspecified atom stereocenters. The Morgan fingerprint density at radius 1 is 1.37 bits per heavy atom. The van der Waals surface area contributed by atoms with E-state index < -0.39 is 5.97 Å². The number of hydrogen-bond donors (Lipinski definition) is 2. The van der Waals surface area contributed by atoms with Gasteiger partial charge in [-0.15, -0.1) is 6.42 Å². The summed E-state index contributed by atoms with van der Waals surface area (Å²) >= 11 is 0. The van der Waals surface area contributed by atoms with E-state index in [0.29, 0.717) is 5.52 Å². The highest BCUT2D eigenvalue weighted by atomic mass is 16.4. The molecule has 5 heteroatoms. The first kappa shape index (κ1) is 12.7. The van der Waals surface area contributed by atoms with Crippen LogP contribution in [0.2, 0.25) is 0 Å². The SMILES string of the molecule is C#CCNC(=O)Cn1ccc2cccc(C(=O)O)c21. The summed E-state index contributed by atoms with van der Waals surface area (Å²) in [6.45, 7) is 0.194. The van der Waals surface area contributed by atoms with E-state index in [1.54, 1.807) is 29.0 Å². The maximum absolute atomic E-state index is 11.6. The third-order valence-electron chi connectivity index (χ3n) is 2.72. The van der Waals surface area contributed by atoms with Gasteiger partial charge in [0.05, 0.1) is 17.6 Å². The zero-order valence-corrected chi connectivity index (χ0v) is 10.1. The summed E-state index contributed by atoms with van der Waals surface area (Å²) in [6.07, 6.45) is 6.74. The van der Waals surface area contributed by atoms with E-state index in [0.717, 1.165) is 5.39 Å². The molecule has 1 aromatic heterocycles. The van der Waals surface area contributed by atoms with Gasteiger partial charge in [-0.05, 0) is 12.1 Å². The van der Waals surface area contributed by atoms with Crippen LogP contribution in [0.15, 0.2) is 30.5 Å². The summed E-state index contributed by atoms with van der Waals surface area (Å²) in [5, 5.41) is 12.5. The first-order chi connectivity index (χ1) is 9.13. The standard InChI is InChI=1S/C14H12N2O3/c1-2-7-15-12(17)9-16-8-6-10-4-3-5-11(13(10)16)14(18)19/h1,3-6,8H,7,9H2,(H,15,17)(H,18,19). The molecule has 2 N–H and O–H groups in total. The van der Waals surface area contributed by atoms with E-state index in [1.165, 1.54) is 6.07 Å². The van der Waals surface area contributed by atoms with E-state index in [-0.39, 0.29) is 24.6 Å². The normalized spacial score (nSPS) is 10.1. The third kappa shape index (κ3) is 2.58. The van der Waals surface area contributed by atoms with Crippen molar-refractivity contribution in [2.24, 2.45) is 0 Å². The van der Waals surface area contributed by atoms with Gasteiger partial charge in [0.25, 0.3) is 0 Å². The van der Waals surface area contributed by atoms with Gasteiger partial charge in [0.2, 0.25) is 5.91 Å². The molecule has 0 fully saturated rings. The number of carboxylic acids is 1. The van der Waals surface area contributed by atoms with Crippen LogP contribution in [0.4, 0.5) is 0 Å². The van der Waals surface area contributed by atoms with Crippen molar-refractivity contribution in [1.29, 1.82) is 0 Å². The molecule has 0 saturated carbocycles. The number of nitrogens with one attached hydrogen (secondary N) is 1. The van der Waals surface area contributed by atoms with Gasteiger partial charge in [0, 0.05) is 11.6 Å². The van der Waals surface area contributed by atoms with Gasteiger partial charge in [-0.3, -0.25) is 4.79 Å². The summed E-state index contributed by atoms with van der Waals surface area (Å²) in [5.74, 6) is 1.04. The minimum Gasteiger partial charge on any atom is -0.478 e. The number of carbonyl (C=O) groups excluding carboxylic acids is 1. The summed E-state index contributed by atoms with van der Waals surface area (Å²) in [7, 11) is 0. The molecule has 5 nitrogen and oxygen atoms in total. The zero-order chi connectivity index (χ0) is 13.8. The monoisotopic (exact) mass is 256 g/mol. The molecule has 0 aliphatic heterocycles. The number of fused-ring (bicyclic) bond motifs is 1. The van der Waals surface area contributed by atoms with Crippen LogP contribution < -0.4 is 5.32 Å². The Hall–Kier alpha value is -2.74. The number of carbonyl (C=O) groups is 2. The quantitative estimate of drug-likeness (QED) is 0.804. The van der Waals surface area contributed by atoms with Crippen molar-refractivity contribution in [3.8, 4) is 12.3 Å². The van der Waals surface area contributed by atoms with Crippen molar-refractivity contribution in [3.63, 3.8) is 0 Å². The van der Waals surface area contributed by atoms with Gasteiger partial charge in [0.15, 0.2) is 0 Å². The number of amides is 1. The lowest BCUT2D eigenvalue weighted by Crippen LogP contribution is -2.27. The lowest BCUT2D eigenvalue weighted by molar-refractivity contribution is -0.121. The molecular weight excluding hydrogens is 244 g/mol. The minimum atomic E-state index is -1.02. The predicted molar refractivity (Wildman–Crippen MR) is 70.7 cm³/mol. The lowest BCUT2D eigenvalue weighted by Gasteiger charge is -2.07. The number of rotatable bonds is 4. The van der Waals surface area contributed by atoms with E-state index >= 15 is 0 Å². The summed E-state index contributed by atoms with van der Waals surface area (Å²) < 4.78 is 1.60. The fraction of sp³-hybridized carbons (Fsp3) is 0.143. The van der Waals surface area contributed by atoms with Crippen LogP contribution in [-0.4, -0.2) is 28.1 Å². The first-order valence-corrected chi connectivity index (χ1v) is 5.65. The smallest absolute Gasteiger partial charge is 0.337 e. The number of hydrogen-bond acceptors (Lipinski definition) is 2. The molecule has 0 atom stereocenters. The van der Waals surface area contributed by atoms with Crippen LogP contribution in [0, 0.1) is 12.3 Å². The molecule has 96 valence electrons. The molecule has 2 rings (SSSR count). The lowest BCUT2D eigenvalue weighted by atomic mass is 10.1. The second-order valence-corrected chi connectivity index (χ2v) is 3.97. The van der Waals surface area contributed by atoms with Crippen molar-refractivity contribution in [1.82, 2.24) is 9.88 Å².